The minimum Gasteiger partial charge on any atom is -0.477 e. The molecule has 1 N–H and O–H groups in total. The minimum absolute atomic E-state index is 0.132. The number of nitro benzene ring substituents is 1. The molecule has 0 amide bonds. The molecule has 7 heteroatoms. The third-order valence-electron chi connectivity index (χ3n) is 4.02. The van der Waals surface area contributed by atoms with Crippen molar-refractivity contribution in [2.45, 2.75) is 26.2 Å². The maximum atomic E-state index is 14.1. The van der Waals surface area contributed by atoms with Gasteiger partial charge in [0.05, 0.1) is 16.7 Å². The van der Waals surface area contributed by atoms with Crippen molar-refractivity contribution in [1.29, 1.82) is 0 Å². The summed E-state index contributed by atoms with van der Waals surface area (Å²) in [7, 11) is 0. The lowest BCUT2D eigenvalue weighted by atomic mass is 9.94. The molecule has 0 unspecified atom stereocenters. The Morgan fingerprint density at radius 2 is 2.10 bits per heavy atom. The first kappa shape index (κ1) is 15.2. The summed E-state index contributed by atoms with van der Waals surface area (Å²) in [5, 5.41) is 19.9. The Kier molecular flexibility index (Phi) is 4.40. The molecule has 0 aliphatic carbocycles. The number of rotatable bonds is 4. The van der Waals surface area contributed by atoms with Crippen LogP contribution in [0.25, 0.3) is 0 Å². The fourth-order valence-electron chi connectivity index (χ4n) is 2.70. The molecule has 1 aromatic carbocycles. The van der Waals surface area contributed by atoms with Crippen LogP contribution in [0, 0.1) is 21.8 Å². The molecule has 0 bridgehead atoms. The summed E-state index contributed by atoms with van der Waals surface area (Å²) < 4.78 is 14.1. The van der Waals surface area contributed by atoms with Crippen molar-refractivity contribution in [3.63, 3.8) is 0 Å². The SMILES string of the molecule is CCC1CCN(c2cc(C(=O)O)c([N+](=O)[O-])cc2F)CC1. The second kappa shape index (κ2) is 6.07. The molecule has 0 saturated carbocycles. The van der Waals surface area contributed by atoms with Gasteiger partial charge in [-0.2, -0.15) is 0 Å². The molecule has 6 nitrogen and oxygen atoms in total. The number of hydrogen-bond donors (Lipinski definition) is 1. The maximum absolute atomic E-state index is 14.1. The van der Waals surface area contributed by atoms with E-state index in [1.54, 1.807) is 4.90 Å². The van der Waals surface area contributed by atoms with Crippen LogP contribution in [-0.2, 0) is 0 Å². The van der Waals surface area contributed by atoms with Crippen LogP contribution in [0.3, 0.4) is 0 Å². The van der Waals surface area contributed by atoms with Crippen LogP contribution in [0.4, 0.5) is 15.8 Å². The smallest absolute Gasteiger partial charge is 0.342 e. The monoisotopic (exact) mass is 296 g/mol. The topological polar surface area (TPSA) is 83.7 Å². The van der Waals surface area contributed by atoms with Gasteiger partial charge in [-0.15, -0.1) is 0 Å². The summed E-state index contributed by atoms with van der Waals surface area (Å²) in [5.41, 5.74) is -1.06. The average Bonchev–Trinajstić information content (AvgIpc) is 2.46. The van der Waals surface area contributed by atoms with E-state index in [9.17, 15) is 19.3 Å². The second-order valence-electron chi connectivity index (χ2n) is 5.22. The van der Waals surface area contributed by atoms with Crippen LogP contribution in [0.2, 0.25) is 0 Å². The highest BCUT2D eigenvalue weighted by atomic mass is 19.1. The van der Waals surface area contributed by atoms with Crippen LogP contribution >= 0.6 is 0 Å². The lowest BCUT2D eigenvalue weighted by Gasteiger charge is -2.33. The van der Waals surface area contributed by atoms with Crippen molar-refractivity contribution in [1.82, 2.24) is 0 Å². The number of carboxylic acids is 1. The molecule has 0 atom stereocenters. The summed E-state index contributed by atoms with van der Waals surface area (Å²) in [4.78, 5) is 22.8. The minimum atomic E-state index is -1.42. The highest BCUT2D eigenvalue weighted by Gasteiger charge is 2.27. The lowest BCUT2D eigenvalue weighted by molar-refractivity contribution is -0.385. The molecule has 1 heterocycles. The lowest BCUT2D eigenvalue weighted by Crippen LogP contribution is -2.34. The van der Waals surface area contributed by atoms with E-state index in [-0.39, 0.29) is 5.69 Å². The molecule has 1 aromatic rings. The molecule has 1 saturated heterocycles. The Balaban J connectivity index is 2.34. The van der Waals surface area contributed by atoms with E-state index < -0.39 is 28.0 Å². The Morgan fingerprint density at radius 1 is 1.48 bits per heavy atom. The number of carbonyl (C=O) groups is 1. The van der Waals surface area contributed by atoms with Gasteiger partial charge in [0.15, 0.2) is 5.82 Å². The normalized spacial score (nSPS) is 16.0. The summed E-state index contributed by atoms with van der Waals surface area (Å²) in [6, 6.07) is 1.77. The van der Waals surface area contributed by atoms with Crippen LogP contribution in [0.1, 0.15) is 36.5 Å². The maximum Gasteiger partial charge on any atom is 0.342 e. The first-order valence-corrected chi connectivity index (χ1v) is 6.90. The van der Waals surface area contributed by atoms with Gasteiger partial charge >= 0.3 is 5.97 Å². The number of nitro groups is 1. The third-order valence-corrected chi connectivity index (χ3v) is 4.02. The van der Waals surface area contributed by atoms with E-state index in [0.29, 0.717) is 25.1 Å². The molecule has 0 aromatic heterocycles. The Bertz CT molecular complexity index is 568. The highest BCUT2D eigenvalue weighted by Crippen LogP contribution is 2.31. The van der Waals surface area contributed by atoms with Crippen molar-refractivity contribution >= 4 is 17.3 Å². The molecule has 2 rings (SSSR count). The van der Waals surface area contributed by atoms with Crippen molar-refractivity contribution in [2.24, 2.45) is 5.92 Å². The quantitative estimate of drug-likeness (QED) is 0.682. The van der Waals surface area contributed by atoms with Gasteiger partial charge in [-0.3, -0.25) is 10.1 Å². The molecule has 114 valence electrons. The van der Waals surface area contributed by atoms with Crippen molar-refractivity contribution in [3.8, 4) is 0 Å². The standard InChI is InChI=1S/C14H17FN2O4/c1-2-9-3-5-16(6-4-9)13-7-10(14(18)19)12(17(20)21)8-11(13)15/h7-9H,2-6H2,1H3,(H,18,19). The highest BCUT2D eigenvalue weighted by molar-refractivity contribution is 5.93. The fourth-order valence-corrected chi connectivity index (χ4v) is 2.70. The number of aromatic carboxylic acids is 1. The first-order chi connectivity index (χ1) is 9.93. The van der Waals surface area contributed by atoms with E-state index in [1.807, 2.05) is 0 Å². The number of nitrogens with zero attached hydrogens (tertiary/aromatic N) is 2. The largest absolute Gasteiger partial charge is 0.477 e. The molecule has 21 heavy (non-hydrogen) atoms. The van der Waals surface area contributed by atoms with Gasteiger partial charge in [0.2, 0.25) is 0 Å². The third kappa shape index (κ3) is 3.12. The number of benzene rings is 1. The second-order valence-corrected chi connectivity index (χ2v) is 5.22. The van der Waals surface area contributed by atoms with Gasteiger partial charge in [0, 0.05) is 13.1 Å². The van der Waals surface area contributed by atoms with Crippen molar-refractivity contribution in [2.75, 3.05) is 18.0 Å². The van der Waals surface area contributed by atoms with Crippen LogP contribution in [0.5, 0.6) is 0 Å². The molecule has 0 spiro atoms. The summed E-state index contributed by atoms with van der Waals surface area (Å²) in [6.07, 6.45) is 2.89. The Hall–Kier alpha value is -2.18. The fraction of sp³-hybridized carbons (Fsp3) is 0.500. The van der Waals surface area contributed by atoms with Gasteiger partial charge in [-0.25, -0.2) is 9.18 Å². The zero-order chi connectivity index (χ0) is 15.6. The number of hydrogen-bond acceptors (Lipinski definition) is 4. The Labute approximate surface area is 121 Å². The van der Waals surface area contributed by atoms with E-state index >= 15 is 0 Å². The number of piperidine rings is 1. The van der Waals surface area contributed by atoms with E-state index in [2.05, 4.69) is 6.92 Å². The van der Waals surface area contributed by atoms with Gasteiger partial charge in [-0.1, -0.05) is 13.3 Å². The van der Waals surface area contributed by atoms with Gasteiger partial charge in [0.25, 0.3) is 5.69 Å². The molecular formula is C14H17FN2O4. The predicted molar refractivity (Wildman–Crippen MR) is 75.2 cm³/mol. The van der Waals surface area contributed by atoms with Gasteiger partial charge < -0.3 is 10.0 Å². The summed E-state index contributed by atoms with van der Waals surface area (Å²) >= 11 is 0. The van der Waals surface area contributed by atoms with E-state index in [4.69, 9.17) is 5.11 Å². The zero-order valence-electron chi connectivity index (χ0n) is 11.7. The zero-order valence-corrected chi connectivity index (χ0v) is 11.7. The van der Waals surface area contributed by atoms with E-state index in [1.165, 1.54) is 0 Å². The predicted octanol–water partition coefficient (Wildman–Crippen LogP) is 3.06. The van der Waals surface area contributed by atoms with Crippen molar-refractivity contribution < 1.29 is 19.2 Å². The molecular weight excluding hydrogens is 279 g/mol. The van der Waals surface area contributed by atoms with Gasteiger partial charge in [-0.05, 0) is 24.8 Å². The number of halogens is 1. The van der Waals surface area contributed by atoms with Gasteiger partial charge in [0.1, 0.15) is 5.56 Å². The van der Waals surface area contributed by atoms with Crippen LogP contribution in [-0.4, -0.2) is 29.1 Å². The number of anilines is 1. The molecule has 1 aliphatic rings. The van der Waals surface area contributed by atoms with E-state index in [0.717, 1.165) is 25.3 Å². The average molecular weight is 296 g/mol. The summed E-state index contributed by atoms with van der Waals surface area (Å²) in [6.45, 7) is 3.37. The molecule has 1 aliphatic heterocycles. The molecule has 1 fully saturated rings. The molecule has 0 radical (unpaired) electrons. The summed E-state index contributed by atoms with van der Waals surface area (Å²) in [5.74, 6) is -1.57. The van der Waals surface area contributed by atoms with Crippen LogP contribution in [0.15, 0.2) is 12.1 Å². The Morgan fingerprint density at radius 3 is 2.57 bits per heavy atom. The van der Waals surface area contributed by atoms with Crippen molar-refractivity contribution in [3.05, 3.63) is 33.6 Å². The first-order valence-electron chi connectivity index (χ1n) is 6.90. The van der Waals surface area contributed by atoms with Crippen LogP contribution < -0.4 is 4.90 Å². The number of carboxylic acid groups (broad SMARTS) is 1.